The summed E-state index contributed by atoms with van der Waals surface area (Å²) in [6.07, 6.45) is 1.57. The summed E-state index contributed by atoms with van der Waals surface area (Å²) in [5, 5.41) is 19.3. The van der Waals surface area contributed by atoms with Crippen LogP contribution in [0.2, 0.25) is 0 Å². The van der Waals surface area contributed by atoms with Crippen molar-refractivity contribution >= 4 is 12.2 Å². The maximum Gasteiger partial charge on any atom is 0.137 e. The normalized spacial score (nSPS) is 15.7. The molecule has 1 heterocycles. The highest BCUT2D eigenvalue weighted by Crippen LogP contribution is 2.10. The molecule has 1 aliphatic heterocycles. The molecule has 6 heteroatoms. The van der Waals surface area contributed by atoms with Crippen LogP contribution in [0.3, 0.4) is 0 Å². The average Bonchev–Trinajstić information content (AvgIpc) is 2.65. The lowest BCUT2D eigenvalue weighted by atomic mass is 10.1. The molecule has 0 atom stereocenters. The van der Waals surface area contributed by atoms with Crippen molar-refractivity contribution in [1.29, 1.82) is 5.41 Å². The number of hydroxylamine groups is 1. The van der Waals surface area contributed by atoms with Crippen molar-refractivity contribution < 1.29 is 5.21 Å². The first-order chi connectivity index (χ1) is 7.66. The minimum atomic E-state index is 0.0396. The van der Waals surface area contributed by atoms with Crippen molar-refractivity contribution in [3.05, 3.63) is 35.4 Å². The van der Waals surface area contributed by atoms with E-state index >= 15 is 0 Å². The van der Waals surface area contributed by atoms with Gasteiger partial charge >= 0.3 is 0 Å². The van der Waals surface area contributed by atoms with Crippen LogP contribution in [-0.2, 0) is 6.54 Å². The average molecular weight is 219 g/mol. The molecule has 0 aromatic heterocycles. The van der Waals surface area contributed by atoms with Gasteiger partial charge in [-0.1, -0.05) is 23.4 Å². The topological polar surface area (TPSA) is 88.9 Å². The Labute approximate surface area is 93.0 Å². The SMILES string of the molecule is N=C(N)c1cccc(CN2C=NCN2O)c1. The van der Waals surface area contributed by atoms with Gasteiger partial charge in [0.1, 0.15) is 18.8 Å². The quantitative estimate of drug-likeness (QED) is 0.506. The molecule has 4 N–H and O–H groups in total. The lowest BCUT2D eigenvalue weighted by molar-refractivity contribution is -0.201. The molecule has 1 aromatic carbocycles. The summed E-state index contributed by atoms with van der Waals surface area (Å²) in [7, 11) is 0. The van der Waals surface area contributed by atoms with E-state index in [0.717, 1.165) is 10.7 Å². The van der Waals surface area contributed by atoms with Crippen molar-refractivity contribution in [3.63, 3.8) is 0 Å². The number of hydrogen-bond acceptors (Lipinski definition) is 5. The summed E-state index contributed by atoms with van der Waals surface area (Å²) in [5.74, 6) is 0.0396. The Morgan fingerprint density at radius 1 is 1.56 bits per heavy atom. The summed E-state index contributed by atoms with van der Waals surface area (Å²) in [4.78, 5) is 3.91. The molecule has 6 nitrogen and oxygen atoms in total. The molecule has 2 rings (SSSR count). The predicted molar refractivity (Wildman–Crippen MR) is 60.0 cm³/mol. The molecule has 0 saturated heterocycles. The first kappa shape index (κ1) is 10.6. The van der Waals surface area contributed by atoms with Crippen LogP contribution < -0.4 is 5.73 Å². The second-order valence-corrected chi connectivity index (χ2v) is 3.52. The largest absolute Gasteiger partial charge is 0.384 e. The zero-order valence-corrected chi connectivity index (χ0v) is 8.67. The molecule has 0 radical (unpaired) electrons. The Balaban J connectivity index is 2.12. The van der Waals surface area contributed by atoms with E-state index in [9.17, 15) is 5.21 Å². The van der Waals surface area contributed by atoms with Crippen LogP contribution in [0.1, 0.15) is 11.1 Å². The summed E-state index contributed by atoms with van der Waals surface area (Å²) < 4.78 is 0. The summed E-state index contributed by atoms with van der Waals surface area (Å²) in [6.45, 7) is 0.757. The smallest absolute Gasteiger partial charge is 0.137 e. The number of hydrogen-bond donors (Lipinski definition) is 3. The number of nitrogen functional groups attached to an aromatic ring is 1. The van der Waals surface area contributed by atoms with Gasteiger partial charge in [-0.2, -0.15) is 0 Å². The molecule has 0 amide bonds. The molecule has 0 bridgehead atoms. The van der Waals surface area contributed by atoms with Crippen LogP contribution in [0.15, 0.2) is 29.3 Å². The van der Waals surface area contributed by atoms with Gasteiger partial charge in [0, 0.05) is 5.56 Å². The molecule has 0 unspecified atom stereocenters. The van der Waals surface area contributed by atoms with Gasteiger partial charge < -0.3 is 5.73 Å². The molecule has 16 heavy (non-hydrogen) atoms. The fraction of sp³-hybridized carbons (Fsp3) is 0.200. The van der Waals surface area contributed by atoms with Crippen LogP contribution in [0.25, 0.3) is 0 Å². The summed E-state index contributed by atoms with van der Waals surface area (Å²) in [6, 6.07) is 7.34. The van der Waals surface area contributed by atoms with Crippen molar-refractivity contribution in [2.24, 2.45) is 10.7 Å². The van der Waals surface area contributed by atoms with Gasteiger partial charge in [0.25, 0.3) is 0 Å². The molecule has 84 valence electrons. The minimum absolute atomic E-state index is 0.0396. The van der Waals surface area contributed by atoms with E-state index in [1.54, 1.807) is 17.4 Å². The van der Waals surface area contributed by atoms with Gasteiger partial charge in [0.05, 0.1) is 6.54 Å². The highest BCUT2D eigenvalue weighted by atomic mass is 16.6. The standard InChI is InChI=1S/C10H13N5O/c11-10(12)9-3-1-2-8(4-9)5-14-6-13-7-15(14)16/h1-4,6,16H,5,7H2,(H3,11,12). The van der Waals surface area contributed by atoms with Crippen molar-refractivity contribution in [2.45, 2.75) is 6.54 Å². The molecule has 0 spiro atoms. The van der Waals surface area contributed by atoms with Crippen LogP contribution >= 0.6 is 0 Å². The number of benzene rings is 1. The van der Waals surface area contributed by atoms with E-state index in [2.05, 4.69) is 4.99 Å². The number of rotatable bonds is 3. The van der Waals surface area contributed by atoms with Gasteiger partial charge in [-0.15, -0.1) is 0 Å². The maximum absolute atomic E-state index is 9.40. The number of nitrogens with two attached hydrogens (primary N) is 1. The van der Waals surface area contributed by atoms with E-state index < -0.39 is 0 Å². The van der Waals surface area contributed by atoms with Crippen LogP contribution in [0, 0.1) is 5.41 Å². The second-order valence-electron chi connectivity index (χ2n) is 3.52. The van der Waals surface area contributed by atoms with E-state index in [1.165, 1.54) is 0 Å². The van der Waals surface area contributed by atoms with Gasteiger partial charge in [0.2, 0.25) is 0 Å². The van der Waals surface area contributed by atoms with E-state index in [4.69, 9.17) is 11.1 Å². The lowest BCUT2D eigenvalue weighted by Gasteiger charge is -2.21. The lowest BCUT2D eigenvalue weighted by Crippen LogP contribution is -2.33. The highest BCUT2D eigenvalue weighted by molar-refractivity contribution is 5.95. The van der Waals surface area contributed by atoms with Gasteiger partial charge in [-0.25, -0.2) is 0 Å². The number of hydrazine groups is 1. The Hall–Kier alpha value is -1.92. The van der Waals surface area contributed by atoms with Crippen LogP contribution in [0.5, 0.6) is 0 Å². The number of aliphatic imine (C=N–C) groups is 1. The fourth-order valence-electron chi connectivity index (χ4n) is 1.49. The number of nitrogens with one attached hydrogen (secondary N) is 1. The zero-order chi connectivity index (χ0) is 11.5. The summed E-state index contributed by atoms with van der Waals surface area (Å²) >= 11 is 0. The Bertz CT molecular complexity index is 431. The summed E-state index contributed by atoms with van der Waals surface area (Å²) in [5.41, 5.74) is 7.04. The van der Waals surface area contributed by atoms with E-state index in [1.807, 2.05) is 18.2 Å². The third-order valence-corrected chi connectivity index (χ3v) is 2.30. The predicted octanol–water partition coefficient (Wildman–Crippen LogP) is 0.378. The monoisotopic (exact) mass is 219 g/mol. The van der Waals surface area contributed by atoms with Crippen LogP contribution in [-0.4, -0.2) is 34.2 Å². The Kier molecular flexibility index (Phi) is 2.84. The number of nitrogens with zero attached hydrogens (tertiary/aromatic N) is 3. The van der Waals surface area contributed by atoms with E-state index in [-0.39, 0.29) is 12.5 Å². The maximum atomic E-state index is 9.40. The molecule has 1 aromatic rings. The van der Waals surface area contributed by atoms with Gasteiger partial charge in [0.15, 0.2) is 0 Å². The molecule has 0 fully saturated rings. The Morgan fingerprint density at radius 3 is 3.00 bits per heavy atom. The van der Waals surface area contributed by atoms with Crippen molar-refractivity contribution in [1.82, 2.24) is 10.2 Å². The van der Waals surface area contributed by atoms with Crippen molar-refractivity contribution in [3.8, 4) is 0 Å². The first-order valence-electron chi connectivity index (χ1n) is 4.83. The number of amidine groups is 1. The van der Waals surface area contributed by atoms with Crippen molar-refractivity contribution in [2.75, 3.05) is 6.67 Å². The molecule has 1 aliphatic rings. The fourth-order valence-corrected chi connectivity index (χ4v) is 1.49. The minimum Gasteiger partial charge on any atom is -0.384 e. The van der Waals surface area contributed by atoms with Crippen LogP contribution in [0.4, 0.5) is 0 Å². The third-order valence-electron chi connectivity index (χ3n) is 2.30. The van der Waals surface area contributed by atoms with E-state index in [0.29, 0.717) is 12.1 Å². The van der Waals surface area contributed by atoms with Gasteiger partial charge in [-0.05, 0) is 11.6 Å². The molecule has 0 saturated carbocycles. The molecule has 0 aliphatic carbocycles. The molecular formula is C10H13N5O. The van der Waals surface area contributed by atoms with Gasteiger partial charge in [-0.3, -0.25) is 20.6 Å². The molecular weight excluding hydrogens is 206 g/mol. The third kappa shape index (κ3) is 2.18. The first-order valence-corrected chi connectivity index (χ1v) is 4.83. The second kappa shape index (κ2) is 4.30. The Morgan fingerprint density at radius 2 is 2.38 bits per heavy atom. The zero-order valence-electron chi connectivity index (χ0n) is 8.67. The highest BCUT2D eigenvalue weighted by Gasteiger charge is 2.14.